The van der Waals surface area contributed by atoms with Gasteiger partial charge >= 0.3 is 0 Å². The fraction of sp³-hybridized carbons (Fsp3) is 0. The predicted molar refractivity (Wildman–Crippen MR) is 407 cm³/mol. The molecular formula is C92H70O. The Hall–Kier alpha value is -12.2. The molecule has 0 spiro atoms. The molecule has 0 bridgehead atoms. The normalized spacial score (nSPS) is 12.1. The standard InChI is InChI=1S/C92H70O/c1-11-31-71(32-12-1)51-61-81-83(63-53-73-35-15-3-16-36-73)87(67-57-77-43-23-7-24-44-77)91(88(68-58-78-45-25-8-26-46-78)84(81)64-54-74-37-17-4-18-38-74)93-92-89(69-59-79-47-27-9-28-48-79)85(65-55-75-39-19-5-20-40-75)82(62-52-72-33-13-2-14-34-72)86(66-56-76-41-21-6-22-42-76)90(92)70-60-80-49-29-10-30-50-80/h1-70H. The van der Waals surface area contributed by atoms with Crippen molar-refractivity contribution in [2.75, 3.05) is 0 Å². The molecule has 0 N–H and O–H groups in total. The molecule has 1 heteroatoms. The Morgan fingerprint density at radius 2 is 0.226 bits per heavy atom. The Balaban J connectivity index is 1.29. The highest BCUT2D eigenvalue weighted by molar-refractivity contribution is 6.00. The molecule has 93 heavy (non-hydrogen) atoms. The molecule has 12 aromatic carbocycles. The van der Waals surface area contributed by atoms with E-state index in [0.29, 0.717) is 11.5 Å². The minimum Gasteiger partial charge on any atom is -0.455 e. The third kappa shape index (κ3) is 16.8. The molecule has 0 aliphatic carbocycles. The van der Waals surface area contributed by atoms with Crippen LogP contribution < -0.4 is 4.74 Å². The number of hydrogen-bond acceptors (Lipinski definition) is 1. The topological polar surface area (TPSA) is 9.23 Å². The maximum atomic E-state index is 8.47. The van der Waals surface area contributed by atoms with Gasteiger partial charge in [0.2, 0.25) is 0 Å². The van der Waals surface area contributed by atoms with Crippen molar-refractivity contribution in [1.29, 1.82) is 0 Å². The molecule has 0 saturated heterocycles. The van der Waals surface area contributed by atoms with Gasteiger partial charge in [0.15, 0.2) is 0 Å². The number of benzene rings is 12. The minimum absolute atomic E-state index is 0.666. The van der Waals surface area contributed by atoms with Crippen LogP contribution in [-0.4, -0.2) is 0 Å². The van der Waals surface area contributed by atoms with Crippen LogP contribution in [-0.2, 0) is 0 Å². The molecule has 444 valence electrons. The molecule has 0 fully saturated rings. The number of hydrogen-bond donors (Lipinski definition) is 0. The highest BCUT2D eigenvalue weighted by atomic mass is 16.5. The summed E-state index contributed by atoms with van der Waals surface area (Å²) in [6.45, 7) is 0. The van der Waals surface area contributed by atoms with Crippen molar-refractivity contribution in [2.45, 2.75) is 0 Å². The van der Waals surface area contributed by atoms with Crippen LogP contribution in [0.5, 0.6) is 11.5 Å². The maximum Gasteiger partial charge on any atom is 0.143 e. The fourth-order valence-electron chi connectivity index (χ4n) is 11.1. The lowest BCUT2D eigenvalue weighted by molar-refractivity contribution is 0.477. The van der Waals surface area contributed by atoms with Crippen molar-refractivity contribution in [1.82, 2.24) is 0 Å². The Bertz CT molecular complexity index is 4140. The molecule has 0 saturated carbocycles. The Labute approximate surface area is 549 Å². The van der Waals surface area contributed by atoms with E-state index in [2.05, 4.69) is 425 Å². The first kappa shape index (κ1) is 61.1. The van der Waals surface area contributed by atoms with E-state index in [1.165, 1.54) is 0 Å². The van der Waals surface area contributed by atoms with Crippen LogP contribution in [0, 0.1) is 0 Å². The summed E-state index contributed by atoms with van der Waals surface area (Å²) in [4.78, 5) is 0. The van der Waals surface area contributed by atoms with Gasteiger partial charge in [-0.05, 0) is 113 Å². The first-order valence-corrected chi connectivity index (χ1v) is 31.6. The molecule has 0 aliphatic heterocycles. The predicted octanol–water partition coefficient (Wildman–Crippen LogP) is 25.2. The van der Waals surface area contributed by atoms with E-state index in [4.69, 9.17) is 4.74 Å². The molecule has 0 aromatic heterocycles. The van der Waals surface area contributed by atoms with E-state index in [1.54, 1.807) is 0 Å². The molecule has 0 heterocycles. The Morgan fingerprint density at radius 3 is 0.355 bits per heavy atom. The van der Waals surface area contributed by atoms with Gasteiger partial charge in [-0.3, -0.25) is 0 Å². The molecule has 0 unspecified atom stereocenters. The van der Waals surface area contributed by atoms with Gasteiger partial charge in [0.05, 0.1) is 0 Å². The zero-order valence-electron chi connectivity index (χ0n) is 51.8. The van der Waals surface area contributed by atoms with Crippen molar-refractivity contribution in [3.8, 4) is 11.5 Å². The molecule has 12 rings (SSSR count). The quantitative estimate of drug-likeness (QED) is 0.0615. The second-order valence-electron chi connectivity index (χ2n) is 22.3. The van der Waals surface area contributed by atoms with Gasteiger partial charge in [-0.25, -0.2) is 0 Å². The van der Waals surface area contributed by atoms with Crippen LogP contribution in [0.2, 0.25) is 0 Å². The van der Waals surface area contributed by atoms with Crippen LogP contribution in [0.3, 0.4) is 0 Å². The lowest BCUT2D eigenvalue weighted by atomic mass is 9.86. The average Bonchev–Trinajstić information content (AvgIpc) is 0.947. The molecule has 0 atom stereocenters. The van der Waals surface area contributed by atoms with E-state index in [-0.39, 0.29) is 0 Å². The van der Waals surface area contributed by atoms with E-state index in [9.17, 15) is 0 Å². The summed E-state index contributed by atoms with van der Waals surface area (Å²) in [7, 11) is 0. The van der Waals surface area contributed by atoms with Gasteiger partial charge in [-0.1, -0.05) is 401 Å². The summed E-state index contributed by atoms with van der Waals surface area (Å²) >= 11 is 0. The minimum atomic E-state index is 0.666. The van der Waals surface area contributed by atoms with Crippen molar-refractivity contribution in [2.24, 2.45) is 0 Å². The lowest BCUT2D eigenvalue weighted by Gasteiger charge is -2.25. The highest BCUT2D eigenvalue weighted by Gasteiger charge is 2.26. The van der Waals surface area contributed by atoms with E-state index in [0.717, 1.165) is 111 Å². The van der Waals surface area contributed by atoms with Crippen molar-refractivity contribution >= 4 is 122 Å². The Kier molecular flexibility index (Phi) is 20.9. The largest absolute Gasteiger partial charge is 0.455 e. The zero-order chi connectivity index (χ0) is 62.9. The Morgan fingerprint density at radius 1 is 0.118 bits per heavy atom. The highest BCUT2D eigenvalue weighted by Crippen LogP contribution is 2.48. The second kappa shape index (κ2) is 31.8. The van der Waals surface area contributed by atoms with Gasteiger partial charge in [0.25, 0.3) is 0 Å². The summed E-state index contributed by atoms with van der Waals surface area (Å²) in [5.74, 6) is 1.33. The van der Waals surface area contributed by atoms with Crippen molar-refractivity contribution in [3.05, 3.63) is 415 Å². The molecular weight excluding hydrogens is 1120 g/mol. The smallest absolute Gasteiger partial charge is 0.143 e. The number of ether oxygens (including phenoxy) is 1. The summed E-state index contributed by atoms with van der Waals surface area (Å²) in [5, 5.41) is 0. The third-order valence-corrected chi connectivity index (χ3v) is 15.9. The maximum absolute atomic E-state index is 8.47. The van der Waals surface area contributed by atoms with Crippen LogP contribution in [0.4, 0.5) is 0 Å². The SMILES string of the molecule is C(=Cc1c(C=Cc2ccccc2)c(C=Cc2ccccc2)c(Oc2c(C=Cc3ccccc3)c(C=Cc3ccccc3)c(C=Cc3ccccc3)c(C=Cc3ccccc3)c2C=Cc2ccccc2)c(C=Cc2ccccc2)c1C=Cc1ccccc1)c1ccccc1. The first-order chi connectivity index (χ1) is 46.1. The van der Waals surface area contributed by atoms with Crippen molar-refractivity contribution in [3.63, 3.8) is 0 Å². The lowest BCUT2D eigenvalue weighted by Crippen LogP contribution is -2.06. The van der Waals surface area contributed by atoms with Gasteiger partial charge in [-0.15, -0.1) is 0 Å². The third-order valence-electron chi connectivity index (χ3n) is 15.9. The van der Waals surface area contributed by atoms with Gasteiger partial charge in [-0.2, -0.15) is 0 Å². The van der Waals surface area contributed by atoms with Crippen LogP contribution in [0.1, 0.15) is 111 Å². The van der Waals surface area contributed by atoms with Gasteiger partial charge < -0.3 is 4.74 Å². The van der Waals surface area contributed by atoms with Gasteiger partial charge in [0.1, 0.15) is 11.5 Å². The van der Waals surface area contributed by atoms with Crippen LogP contribution >= 0.6 is 0 Å². The van der Waals surface area contributed by atoms with Crippen LogP contribution in [0.25, 0.3) is 122 Å². The summed E-state index contributed by atoms with van der Waals surface area (Å²) < 4.78 is 8.47. The van der Waals surface area contributed by atoms with Gasteiger partial charge in [0, 0.05) is 22.3 Å². The summed E-state index contributed by atoms with van der Waals surface area (Å²) in [6.07, 6.45) is 44.8. The summed E-state index contributed by atoms with van der Waals surface area (Å²) in [6, 6.07) is 105. The van der Waals surface area contributed by atoms with E-state index in [1.807, 2.05) is 0 Å². The van der Waals surface area contributed by atoms with Crippen molar-refractivity contribution < 1.29 is 4.74 Å². The fourth-order valence-corrected chi connectivity index (χ4v) is 11.1. The number of rotatable bonds is 22. The van der Waals surface area contributed by atoms with Crippen LogP contribution in [0.15, 0.2) is 303 Å². The summed E-state index contributed by atoms with van der Waals surface area (Å²) in [5.41, 5.74) is 20.0. The van der Waals surface area contributed by atoms with E-state index < -0.39 is 0 Å². The zero-order valence-corrected chi connectivity index (χ0v) is 51.8. The second-order valence-corrected chi connectivity index (χ2v) is 22.3. The molecule has 0 aliphatic rings. The molecule has 12 aromatic rings. The first-order valence-electron chi connectivity index (χ1n) is 31.6. The van der Waals surface area contributed by atoms with E-state index >= 15 is 0 Å². The molecule has 0 radical (unpaired) electrons. The molecule has 1 nitrogen and oxygen atoms in total. The average molecular weight is 1190 g/mol. The monoisotopic (exact) mass is 1190 g/mol. The molecule has 0 amide bonds.